The molecule has 1 unspecified atom stereocenters. The molecule has 6 nitrogen and oxygen atoms in total. The van der Waals surface area contributed by atoms with Crippen molar-refractivity contribution in [2.45, 2.75) is 25.4 Å². The third-order valence-electron chi connectivity index (χ3n) is 3.01. The zero-order valence-corrected chi connectivity index (χ0v) is 12.7. The molecule has 1 aromatic heterocycles. The van der Waals surface area contributed by atoms with Crippen molar-refractivity contribution in [2.75, 3.05) is 6.61 Å². The maximum Gasteiger partial charge on any atom is 0.387 e. The summed E-state index contributed by atoms with van der Waals surface area (Å²) in [4.78, 5) is 3.68. The third kappa shape index (κ3) is 4.79. The number of aliphatic hydroxyl groups is 1. The summed E-state index contributed by atoms with van der Waals surface area (Å²) >= 11 is 5.98. The average Bonchev–Trinajstić information content (AvgIpc) is 2.97. The zero-order chi connectivity index (χ0) is 17.7. The first kappa shape index (κ1) is 18.4. The molecule has 0 aliphatic rings. The van der Waals surface area contributed by atoms with E-state index < -0.39 is 25.4 Å². The smallest absolute Gasteiger partial charge is 0.387 e. The lowest BCUT2D eigenvalue weighted by Gasteiger charge is -2.29. The molecule has 24 heavy (non-hydrogen) atoms. The van der Waals surface area contributed by atoms with Crippen molar-refractivity contribution in [3.05, 3.63) is 41.4 Å². The molecular formula is C13H12ClF4N3O3. The second kappa shape index (κ2) is 7.77. The minimum atomic E-state index is -3.12. The van der Waals surface area contributed by atoms with E-state index in [1.807, 2.05) is 0 Å². The second-order valence-corrected chi connectivity index (χ2v) is 5.12. The van der Waals surface area contributed by atoms with Gasteiger partial charge in [-0.15, -0.1) is 0 Å². The summed E-state index contributed by atoms with van der Waals surface area (Å²) < 4.78 is 58.7. The van der Waals surface area contributed by atoms with Crippen LogP contribution in [0.4, 0.5) is 17.6 Å². The van der Waals surface area contributed by atoms with Gasteiger partial charge in [0, 0.05) is 5.56 Å². The predicted octanol–water partition coefficient (Wildman–Crippen LogP) is 2.66. The molecule has 1 aromatic carbocycles. The highest BCUT2D eigenvalue weighted by Gasteiger charge is 2.34. The Morgan fingerprint density at radius 3 is 2.54 bits per heavy atom. The number of rotatable bonds is 8. The molecule has 1 N–H and O–H groups in total. The molecule has 0 fully saturated rings. The number of ether oxygens (including phenoxy) is 2. The van der Waals surface area contributed by atoms with Gasteiger partial charge >= 0.3 is 13.2 Å². The first-order valence-electron chi connectivity index (χ1n) is 6.49. The average molecular weight is 370 g/mol. The van der Waals surface area contributed by atoms with Gasteiger partial charge < -0.3 is 14.6 Å². The van der Waals surface area contributed by atoms with Crippen LogP contribution in [0.15, 0.2) is 30.9 Å². The Morgan fingerprint density at radius 1 is 1.25 bits per heavy atom. The van der Waals surface area contributed by atoms with E-state index in [9.17, 15) is 22.7 Å². The van der Waals surface area contributed by atoms with Crippen molar-refractivity contribution in [3.63, 3.8) is 0 Å². The quantitative estimate of drug-likeness (QED) is 0.724. The molecule has 2 aromatic rings. The molecule has 1 heterocycles. The van der Waals surface area contributed by atoms with Crippen LogP contribution in [-0.2, 0) is 16.9 Å². The normalized spacial score (nSPS) is 14.2. The predicted molar refractivity (Wildman–Crippen MR) is 74.0 cm³/mol. The number of benzene rings is 1. The van der Waals surface area contributed by atoms with E-state index in [0.29, 0.717) is 0 Å². The van der Waals surface area contributed by atoms with Gasteiger partial charge in [0.15, 0.2) is 0 Å². The van der Waals surface area contributed by atoms with Gasteiger partial charge in [0.05, 0.1) is 18.2 Å². The fourth-order valence-corrected chi connectivity index (χ4v) is 2.39. The van der Waals surface area contributed by atoms with E-state index in [0.717, 1.165) is 12.1 Å². The van der Waals surface area contributed by atoms with Gasteiger partial charge in [0.25, 0.3) is 0 Å². The number of halogens is 5. The summed E-state index contributed by atoms with van der Waals surface area (Å²) in [6.07, 6.45) is 2.45. The Hall–Kier alpha value is -1.91. The Kier molecular flexibility index (Phi) is 5.97. The fourth-order valence-electron chi connectivity index (χ4n) is 2.04. The molecule has 0 spiro atoms. The summed E-state index contributed by atoms with van der Waals surface area (Å²) in [5.74, 6) is -0.239. The van der Waals surface area contributed by atoms with Crippen LogP contribution < -0.4 is 4.74 Å². The number of hydrogen-bond acceptors (Lipinski definition) is 5. The minimum absolute atomic E-state index is 0.0121. The van der Waals surface area contributed by atoms with E-state index in [1.165, 1.54) is 23.4 Å². The highest BCUT2D eigenvalue weighted by Crippen LogP contribution is 2.33. The molecule has 0 aliphatic heterocycles. The van der Waals surface area contributed by atoms with Crippen LogP contribution >= 0.6 is 11.6 Å². The number of alkyl halides is 4. The number of hydrogen-bond donors (Lipinski definition) is 1. The van der Waals surface area contributed by atoms with Crippen LogP contribution in [0.25, 0.3) is 0 Å². The van der Waals surface area contributed by atoms with Crippen LogP contribution in [0.3, 0.4) is 0 Å². The Bertz CT molecular complexity index is 660. The van der Waals surface area contributed by atoms with Gasteiger partial charge in [-0.25, -0.2) is 9.67 Å². The molecule has 0 saturated carbocycles. The highest BCUT2D eigenvalue weighted by molar-refractivity contribution is 6.31. The Labute approximate surface area is 138 Å². The fraction of sp³-hybridized carbons (Fsp3) is 0.385. The van der Waals surface area contributed by atoms with Gasteiger partial charge in [0.2, 0.25) is 0 Å². The van der Waals surface area contributed by atoms with E-state index >= 15 is 0 Å². The maximum absolute atomic E-state index is 12.4. The van der Waals surface area contributed by atoms with Crippen molar-refractivity contribution < 1.29 is 32.1 Å². The molecule has 11 heteroatoms. The van der Waals surface area contributed by atoms with Gasteiger partial charge in [0.1, 0.15) is 24.0 Å². The SMILES string of the molecule is OC(COC(F)F)(Cn1cncn1)c1ccc(OC(F)F)cc1Cl. The van der Waals surface area contributed by atoms with Crippen molar-refractivity contribution >= 4 is 11.6 Å². The molecule has 2 rings (SSSR count). The molecule has 0 aliphatic carbocycles. The molecule has 0 amide bonds. The maximum atomic E-state index is 12.4. The molecular weight excluding hydrogens is 358 g/mol. The van der Waals surface area contributed by atoms with Crippen LogP contribution in [0.2, 0.25) is 5.02 Å². The summed E-state index contributed by atoms with van der Waals surface area (Å²) in [6, 6.07) is 3.35. The minimum Gasteiger partial charge on any atom is -0.435 e. The largest absolute Gasteiger partial charge is 0.435 e. The number of nitrogens with zero attached hydrogens (tertiary/aromatic N) is 3. The van der Waals surface area contributed by atoms with Crippen molar-refractivity contribution in [1.82, 2.24) is 14.8 Å². The van der Waals surface area contributed by atoms with Crippen molar-refractivity contribution in [1.29, 1.82) is 0 Å². The molecule has 132 valence electrons. The van der Waals surface area contributed by atoms with Gasteiger partial charge in [-0.1, -0.05) is 17.7 Å². The van der Waals surface area contributed by atoms with Gasteiger partial charge in [-0.2, -0.15) is 22.7 Å². The van der Waals surface area contributed by atoms with Crippen molar-refractivity contribution in [2.24, 2.45) is 0 Å². The molecule has 1 atom stereocenters. The Morgan fingerprint density at radius 2 is 2.00 bits per heavy atom. The van der Waals surface area contributed by atoms with E-state index in [-0.39, 0.29) is 22.9 Å². The molecule has 0 bridgehead atoms. The summed E-state index contributed by atoms with van der Waals surface area (Å²) in [6.45, 7) is -7.27. The lowest BCUT2D eigenvalue weighted by atomic mass is 9.94. The zero-order valence-electron chi connectivity index (χ0n) is 12.0. The van der Waals surface area contributed by atoms with E-state index in [1.54, 1.807) is 0 Å². The summed E-state index contributed by atoms with van der Waals surface area (Å²) in [5, 5.41) is 14.4. The standard InChI is InChI=1S/C13H12ClF4N3O3/c14-10-3-8(24-12(17)18)1-2-9(10)13(22,5-23-11(15)16)4-21-7-19-6-20-21/h1-3,6-7,11-12,22H,4-5H2. The highest BCUT2D eigenvalue weighted by atomic mass is 35.5. The van der Waals surface area contributed by atoms with E-state index in [2.05, 4.69) is 19.6 Å². The van der Waals surface area contributed by atoms with Crippen LogP contribution in [0, 0.1) is 0 Å². The lowest BCUT2D eigenvalue weighted by molar-refractivity contribution is -0.176. The molecule has 0 saturated heterocycles. The van der Waals surface area contributed by atoms with Crippen LogP contribution in [-0.4, -0.2) is 39.7 Å². The van der Waals surface area contributed by atoms with Crippen LogP contribution in [0.1, 0.15) is 5.56 Å². The topological polar surface area (TPSA) is 69.4 Å². The van der Waals surface area contributed by atoms with Gasteiger partial charge in [-0.3, -0.25) is 0 Å². The third-order valence-corrected chi connectivity index (χ3v) is 3.32. The first-order chi connectivity index (χ1) is 11.3. The van der Waals surface area contributed by atoms with E-state index in [4.69, 9.17) is 11.6 Å². The first-order valence-corrected chi connectivity index (χ1v) is 6.87. The van der Waals surface area contributed by atoms with Crippen molar-refractivity contribution in [3.8, 4) is 5.75 Å². The monoisotopic (exact) mass is 369 g/mol. The Balaban J connectivity index is 2.31. The summed E-state index contributed by atoms with van der Waals surface area (Å²) in [5.41, 5.74) is -2.01. The molecule has 0 radical (unpaired) electrons. The van der Waals surface area contributed by atoms with Crippen LogP contribution in [0.5, 0.6) is 5.75 Å². The lowest BCUT2D eigenvalue weighted by Crippen LogP contribution is -2.37. The van der Waals surface area contributed by atoms with Gasteiger partial charge in [-0.05, 0) is 12.1 Å². The summed E-state index contributed by atoms with van der Waals surface area (Å²) in [7, 11) is 0. The second-order valence-electron chi connectivity index (χ2n) is 4.72. The number of aromatic nitrogens is 3.